The molecule has 33 heavy (non-hydrogen) atoms. The van der Waals surface area contributed by atoms with Gasteiger partial charge in [-0.25, -0.2) is 9.59 Å². The molecule has 2 heterocycles. The van der Waals surface area contributed by atoms with Gasteiger partial charge >= 0.3 is 11.9 Å². The largest absolute Gasteiger partial charge is 0.502 e. The Morgan fingerprint density at radius 1 is 0.758 bits per heavy atom. The van der Waals surface area contributed by atoms with Gasteiger partial charge in [-0.3, -0.25) is 9.59 Å². The fraction of sp³-hybridized carbons (Fsp3) is 0.273. The Morgan fingerprint density at radius 2 is 1.18 bits per heavy atom. The number of hydrogen-bond acceptors (Lipinski definition) is 11. The molecule has 0 aliphatic carbocycles. The van der Waals surface area contributed by atoms with Crippen LogP contribution in [-0.4, -0.2) is 48.6 Å². The molecule has 176 valence electrons. The van der Waals surface area contributed by atoms with Gasteiger partial charge in [0, 0.05) is 50.3 Å². The molecule has 0 radical (unpaired) electrons. The average molecular weight is 462 g/mol. The monoisotopic (exact) mass is 462 g/mol. The molecule has 0 unspecified atom stereocenters. The molecule has 11 heteroatoms. The first-order valence-corrected chi connectivity index (χ1v) is 9.76. The van der Waals surface area contributed by atoms with Crippen molar-refractivity contribution in [2.45, 2.75) is 12.8 Å². The summed E-state index contributed by atoms with van der Waals surface area (Å²) in [6.45, 7) is 0.904. The van der Waals surface area contributed by atoms with Gasteiger partial charge in [-0.05, 0) is 12.2 Å². The van der Waals surface area contributed by atoms with Crippen LogP contribution in [0.15, 0.2) is 55.2 Å². The van der Waals surface area contributed by atoms with E-state index in [2.05, 4.69) is 0 Å². The van der Waals surface area contributed by atoms with E-state index in [-0.39, 0.29) is 24.7 Å². The summed E-state index contributed by atoms with van der Waals surface area (Å²) in [5.41, 5.74) is -1.25. The maximum Gasteiger partial charge on any atom is 0.330 e. The van der Waals surface area contributed by atoms with E-state index in [1.165, 1.54) is 12.2 Å². The van der Waals surface area contributed by atoms with Gasteiger partial charge in [0.2, 0.25) is 10.9 Å². The Balaban J connectivity index is 1.50. The minimum absolute atomic E-state index is 0.0984. The molecule has 11 nitrogen and oxygen atoms in total. The second kappa shape index (κ2) is 13.3. The van der Waals surface area contributed by atoms with Crippen LogP contribution in [0.4, 0.5) is 0 Å². The van der Waals surface area contributed by atoms with Crippen LogP contribution < -0.4 is 10.9 Å². The van der Waals surface area contributed by atoms with Crippen molar-refractivity contribution in [3.05, 3.63) is 68.8 Å². The highest BCUT2D eigenvalue weighted by atomic mass is 16.5. The number of aromatic hydroxyl groups is 2. The molecular weight excluding hydrogens is 440 g/mol. The molecule has 2 aromatic heterocycles. The van der Waals surface area contributed by atoms with E-state index in [4.69, 9.17) is 33.3 Å². The molecule has 0 saturated carbocycles. The summed E-state index contributed by atoms with van der Waals surface area (Å²) < 4.78 is 25.1. The number of carbonyl (C=O) groups excluding carboxylic acids is 2. The van der Waals surface area contributed by atoms with Crippen LogP contribution in [0.1, 0.15) is 24.4 Å². The second-order valence-corrected chi connectivity index (χ2v) is 6.38. The molecule has 0 atom stereocenters. The lowest BCUT2D eigenvalue weighted by molar-refractivity contribution is -0.138. The zero-order valence-electron chi connectivity index (χ0n) is 17.4. The zero-order valence-corrected chi connectivity index (χ0v) is 17.4. The van der Waals surface area contributed by atoms with Crippen molar-refractivity contribution in [2.24, 2.45) is 0 Å². The van der Waals surface area contributed by atoms with E-state index in [1.807, 2.05) is 0 Å². The van der Waals surface area contributed by atoms with E-state index in [0.717, 1.165) is 36.8 Å². The SMILES string of the molecule is O=C(/C=C/c1cc(=O)c(O)co1)OCCCOCCCOC(=O)/C=C/c1cc(=O)c(O)co1. The first kappa shape index (κ1) is 25.1. The maximum atomic E-state index is 11.6. The Bertz CT molecular complexity index is 1020. The van der Waals surface area contributed by atoms with Crippen LogP contribution in [0, 0.1) is 0 Å². The molecule has 0 amide bonds. The van der Waals surface area contributed by atoms with Crippen LogP contribution >= 0.6 is 0 Å². The van der Waals surface area contributed by atoms with E-state index in [0.29, 0.717) is 26.1 Å². The summed E-state index contributed by atoms with van der Waals surface area (Å²) in [5.74, 6) is -2.10. The third-order valence-corrected chi connectivity index (χ3v) is 3.79. The Kier molecular flexibility index (Phi) is 10.2. The normalized spacial score (nSPS) is 11.2. The van der Waals surface area contributed by atoms with Gasteiger partial charge in [0.25, 0.3) is 0 Å². The molecule has 0 aromatic carbocycles. The van der Waals surface area contributed by atoms with Gasteiger partial charge in [-0.2, -0.15) is 0 Å². The third kappa shape index (κ3) is 9.70. The molecule has 0 saturated heterocycles. The maximum absolute atomic E-state index is 11.6. The molecular formula is C22H22O11. The Morgan fingerprint density at radius 3 is 1.58 bits per heavy atom. The molecule has 2 aromatic rings. The van der Waals surface area contributed by atoms with Crippen molar-refractivity contribution in [3.63, 3.8) is 0 Å². The quantitative estimate of drug-likeness (QED) is 0.268. The van der Waals surface area contributed by atoms with E-state index < -0.39 is 34.3 Å². The highest BCUT2D eigenvalue weighted by molar-refractivity contribution is 5.87. The second-order valence-electron chi connectivity index (χ2n) is 6.38. The molecule has 2 N–H and O–H groups in total. The molecule has 0 aliphatic rings. The molecule has 0 fully saturated rings. The van der Waals surface area contributed by atoms with Crippen molar-refractivity contribution in [1.29, 1.82) is 0 Å². The summed E-state index contributed by atoms with van der Waals surface area (Å²) in [4.78, 5) is 45.6. The van der Waals surface area contributed by atoms with E-state index in [9.17, 15) is 19.2 Å². The number of hydrogen-bond donors (Lipinski definition) is 2. The lowest BCUT2D eigenvalue weighted by Crippen LogP contribution is -2.08. The third-order valence-electron chi connectivity index (χ3n) is 3.79. The Labute approximate surface area is 187 Å². The minimum Gasteiger partial charge on any atom is -0.502 e. The van der Waals surface area contributed by atoms with Crippen molar-refractivity contribution in [1.82, 2.24) is 0 Å². The highest BCUT2D eigenvalue weighted by Crippen LogP contribution is 2.06. The average Bonchev–Trinajstić information content (AvgIpc) is 2.79. The summed E-state index contributed by atoms with van der Waals surface area (Å²) in [5, 5.41) is 18.2. The van der Waals surface area contributed by atoms with Gasteiger partial charge in [0.1, 0.15) is 24.0 Å². The molecule has 2 rings (SSSR count). The molecule has 0 aliphatic heterocycles. The van der Waals surface area contributed by atoms with Gasteiger partial charge in [-0.15, -0.1) is 0 Å². The topological polar surface area (TPSA) is 163 Å². The van der Waals surface area contributed by atoms with Gasteiger partial charge in [0.05, 0.1) is 13.2 Å². The van der Waals surface area contributed by atoms with Crippen molar-refractivity contribution < 1.29 is 42.8 Å². The lowest BCUT2D eigenvalue weighted by atomic mass is 10.3. The van der Waals surface area contributed by atoms with Gasteiger partial charge < -0.3 is 33.3 Å². The van der Waals surface area contributed by atoms with Crippen LogP contribution in [0.5, 0.6) is 11.5 Å². The Hall–Kier alpha value is -4.12. The van der Waals surface area contributed by atoms with E-state index in [1.54, 1.807) is 0 Å². The van der Waals surface area contributed by atoms with Gasteiger partial charge in [0.15, 0.2) is 11.5 Å². The van der Waals surface area contributed by atoms with Crippen LogP contribution in [0.3, 0.4) is 0 Å². The fourth-order valence-corrected chi connectivity index (χ4v) is 2.18. The highest BCUT2D eigenvalue weighted by Gasteiger charge is 2.03. The predicted molar refractivity (Wildman–Crippen MR) is 113 cm³/mol. The number of carbonyl (C=O) groups is 2. The number of rotatable bonds is 12. The summed E-state index contributed by atoms with van der Waals surface area (Å²) in [7, 11) is 0. The van der Waals surface area contributed by atoms with Crippen LogP contribution in [0.25, 0.3) is 12.2 Å². The minimum atomic E-state index is -0.628. The molecule has 0 bridgehead atoms. The van der Waals surface area contributed by atoms with Crippen molar-refractivity contribution in [3.8, 4) is 11.5 Å². The zero-order chi connectivity index (χ0) is 24.1. The summed E-state index contributed by atoms with van der Waals surface area (Å²) in [6, 6.07) is 2.07. The number of ether oxygens (including phenoxy) is 3. The van der Waals surface area contributed by atoms with Crippen molar-refractivity contribution in [2.75, 3.05) is 26.4 Å². The van der Waals surface area contributed by atoms with Crippen molar-refractivity contribution >= 4 is 24.1 Å². The first-order valence-electron chi connectivity index (χ1n) is 9.76. The molecule has 0 spiro atoms. The van der Waals surface area contributed by atoms with Crippen LogP contribution in [0.2, 0.25) is 0 Å². The fourth-order valence-electron chi connectivity index (χ4n) is 2.18. The van der Waals surface area contributed by atoms with Gasteiger partial charge in [-0.1, -0.05) is 0 Å². The number of esters is 2. The smallest absolute Gasteiger partial charge is 0.330 e. The first-order chi connectivity index (χ1) is 15.8. The summed E-state index contributed by atoms with van der Waals surface area (Å²) >= 11 is 0. The summed E-state index contributed by atoms with van der Waals surface area (Å²) in [6.07, 6.45) is 7.33. The standard InChI is InChI=1S/C22H22O11/c23-17-11-15(32-13-19(17)25)3-5-21(27)30-9-1-7-29-8-2-10-31-22(28)6-4-16-12-18(24)20(26)14-33-16/h3-6,11-14,25-26H,1-2,7-10H2/b5-3+,6-4+. The van der Waals surface area contributed by atoms with Crippen LogP contribution in [-0.2, 0) is 23.8 Å². The predicted octanol–water partition coefficient (Wildman–Crippen LogP) is 1.61. The lowest BCUT2D eigenvalue weighted by Gasteiger charge is -2.05. The van der Waals surface area contributed by atoms with E-state index >= 15 is 0 Å².